The summed E-state index contributed by atoms with van der Waals surface area (Å²) in [6.07, 6.45) is 0.325. The summed E-state index contributed by atoms with van der Waals surface area (Å²) in [4.78, 5) is 25.3. The smallest absolute Gasteiger partial charge is 0.407 e. The zero-order chi connectivity index (χ0) is 24.9. The summed E-state index contributed by atoms with van der Waals surface area (Å²) in [7, 11) is 0. The maximum Gasteiger partial charge on any atom is 0.407 e. The number of hydrogen-bond donors (Lipinski definition) is 2. The van der Waals surface area contributed by atoms with E-state index in [2.05, 4.69) is 35.6 Å². The van der Waals surface area contributed by atoms with E-state index in [0.717, 1.165) is 28.9 Å². The van der Waals surface area contributed by atoms with Crippen LogP contribution >= 0.6 is 0 Å². The van der Waals surface area contributed by atoms with E-state index in [4.69, 9.17) is 4.74 Å². The van der Waals surface area contributed by atoms with Gasteiger partial charge >= 0.3 is 11.8 Å². The van der Waals surface area contributed by atoms with Crippen molar-refractivity contribution < 1.29 is 9.53 Å². The van der Waals surface area contributed by atoms with Crippen molar-refractivity contribution in [2.45, 2.75) is 66.2 Å². The lowest BCUT2D eigenvalue weighted by atomic mass is 9.99. The Morgan fingerprint density at radius 1 is 1.12 bits per heavy atom. The van der Waals surface area contributed by atoms with Crippen LogP contribution in [0.2, 0.25) is 0 Å². The summed E-state index contributed by atoms with van der Waals surface area (Å²) < 4.78 is 8.57. The first-order valence-electron chi connectivity index (χ1n) is 11.9. The normalized spacial score (nSPS) is 12.8. The van der Waals surface area contributed by atoms with Gasteiger partial charge in [0.25, 0.3) is 0 Å². The molecule has 1 amide bonds. The zero-order valence-corrected chi connectivity index (χ0v) is 21.1. The van der Waals surface area contributed by atoms with Crippen LogP contribution in [0, 0.1) is 12.8 Å². The number of benzene rings is 1. The van der Waals surface area contributed by atoms with Gasteiger partial charge in [0.2, 0.25) is 0 Å². The van der Waals surface area contributed by atoms with Crippen LogP contribution in [0.5, 0.6) is 0 Å². The molecule has 2 N–H and O–H groups in total. The molecule has 0 aliphatic rings. The molecule has 1 unspecified atom stereocenters. The second-order valence-corrected chi connectivity index (χ2v) is 10.0. The predicted molar refractivity (Wildman–Crippen MR) is 134 cm³/mol. The molecular formula is C26H37N5O3. The standard InChI is InChI=1S/C26H37N5O3/c1-18(2)23(27-13-10-14-28-24(32)34-26(4,5)6)22-16-21-15-19(3)29-31(21)25(33)30(22)17-20-11-8-7-9-12-20/h7-9,11-12,15-16,18,23,27H,10,13-14,17H2,1-6H3,(H,28,32). The monoisotopic (exact) mass is 467 g/mol. The molecule has 2 aromatic heterocycles. The number of rotatable bonds is 9. The second-order valence-electron chi connectivity index (χ2n) is 10.0. The zero-order valence-electron chi connectivity index (χ0n) is 21.1. The van der Waals surface area contributed by atoms with Crippen molar-refractivity contribution in [1.29, 1.82) is 0 Å². The third kappa shape index (κ3) is 6.70. The molecule has 0 bridgehead atoms. The van der Waals surface area contributed by atoms with Crippen molar-refractivity contribution in [3.8, 4) is 0 Å². The topological polar surface area (TPSA) is 89.7 Å². The van der Waals surface area contributed by atoms with Crippen molar-refractivity contribution in [2.75, 3.05) is 13.1 Å². The average Bonchev–Trinajstić information content (AvgIpc) is 3.12. The Labute approximate surface area is 201 Å². The van der Waals surface area contributed by atoms with Crippen LogP contribution in [0.15, 0.2) is 47.3 Å². The maximum absolute atomic E-state index is 13.4. The molecule has 0 aliphatic carbocycles. The Morgan fingerprint density at radius 2 is 1.82 bits per heavy atom. The molecule has 184 valence electrons. The van der Waals surface area contributed by atoms with Gasteiger partial charge in [-0.05, 0) is 64.3 Å². The number of carbonyl (C=O) groups excluding carboxylic acids is 1. The maximum atomic E-state index is 13.4. The van der Waals surface area contributed by atoms with E-state index in [1.807, 2.05) is 68.7 Å². The van der Waals surface area contributed by atoms with Crippen LogP contribution in [0.25, 0.3) is 5.52 Å². The molecule has 8 heteroatoms. The number of ether oxygens (including phenoxy) is 1. The molecular weight excluding hydrogens is 430 g/mol. The number of aromatic nitrogens is 3. The van der Waals surface area contributed by atoms with E-state index in [1.54, 1.807) is 0 Å². The third-order valence-electron chi connectivity index (χ3n) is 5.43. The molecule has 3 rings (SSSR count). The fraction of sp³-hybridized carbons (Fsp3) is 0.500. The number of nitrogens with zero attached hydrogens (tertiary/aromatic N) is 3. The van der Waals surface area contributed by atoms with Crippen molar-refractivity contribution >= 4 is 11.6 Å². The minimum absolute atomic E-state index is 0.0434. The number of amides is 1. The lowest BCUT2D eigenvalue weighted by Gasteiger charge is -2.26. The highest BCUT2D eigenvalue weighted by Gasteiger charge is 2.22. The average molecular weight is 468 g/mol. The Bertz CT molecular complexity index is 1160. The summed E-state index contributed by atoms with van der Waals surface area (Å²) in [5.74, 6) is 0.242. The van der Waals surface area contributed by atoms with E-state index >= 15 is 0 Å². The molecule has 1 aromatic carbocycles. The molecule has 0 spiro atoms. The van der Waals surface area contributed by atoms with E-state index in [-0.39, 0.29) is 17.6 Å². The quantitative estimate of drug-likeness (QED) is 0.464. The van der Waals surface area contributed by atoms with Crippen LogP contribution in [0.4, 0.5) is 4.79 Å². The Morgan fingerprint density at radius 3 is 2.47 bits per heavy atom. The largest absolute Gasteiger partial charge is 0.444 e. The van der Waals surface area contributed by atoms with Crippen LogP contribution in [0.1, 0.15) is 64.0 Å². The van der Waals surface area contributed by atoms with Gasteiger partial charge in [0.15, 0.2) is 0 Å². The van der Waals surface area contributed by atoms with Crippen LogP contribution < -0.4 is 16.3 Å². The summed E-state index contributed by atoms with van der Waals surface area (Å²) >= 11 is 0. The van der Waals surface area contributed by atoms with Gasteiger partial charge in [-0.1, -0.05) is 44.2 Å². The third-order valence-corrected chi connectivity index (χ3v) is 5.43. The summed E-state index contributed by atoms with van der Waals surface area (Å²) in [6, 6.07) is 13.9. The Kier molecular flexibility index (Phi) is 8.15. The van der Waals surface area contributed by atoms with Crippen molar-refractivity contribution in [2.24, 2.45) is 5.92 Å². The highest BCUT2D eigenvalue weighted by atomic mass is 16.6. The first kappa shape index (κ1) is 25.5. The van der Waals surface area contributed by atoms with Crippen molar-refractivity contribution in [3.05, 3.63) is 69.9 Å². The van der Waals surface area contributed by atoms with Crippen LogP contribution in [-0.4, -0.2) is 39.0 Å². The minimum Gasteiger partial charge on any atom is -0.444 e. The van der Waals surface area contributed by atoms with Gasteiger partial charge in [-0.25, -0.2) is 9.59 Å². The molecule has 0 aliphatic heterocycles. The summed E-state index contributed by atoms with van der Waals surface area (Å²) in [5.41, 5.74) is 2.92. The Hall–Kier alpha value is -3.13. The van der Waals surface area contributed by atoms with Crippen molar-refractivity contribution in [1.82, 2.24) is 24.8 Å². The minimum atomic E-state index is -0.516. The van der Waals surface area contributed by atoms with E-state index in [1.165, 1.54) is 4.52 Å². The SMILES string of the molecule is Cc1cc2cc(C(NCCCNC(=O)OC(C)(C)C)C(C)C)n(Cc3ccccc3)c(=O)n2n1. The number of hydrogen-bond acceptors (Lipinski definition) is 5. The molecule has 34 heavy (non-hydrogen) atoms. The number of aryl methyl sites for hydroxylation is 1. The van der Waals surface area contributed by atoms with Crippen LogP contribution in [-0.2, 0) is 11.3 Å². The number of nitrogens with one attached hydrogen (secondary N) is 2. The summed E-state index contributed by atoms with van der Waals surface area (Å²) in [6.45, 7) is 13.4. The van der Waals surface area contributed by atoms with Crippen LogP contribution in [0.3, 0.4) is 0 Å². The van der Waals surface area contributed by atoms with Crippen molar-refractivity contribution in [3.63, 3.8) is 0 Å². The summed E-state index contributed by atoms with van der Waals surface area (Å²) in [5, 5.41) is 10.8. The first-order chi connectivity index (χ1) is 16.0. The number of alkyl carbamates (subject to hydrolysis) is 1. The van der Waals surface area contributed by atoms with Gasteiger partial charge in [0.1, 0.15) is 5.60 Å². The fourth-order valence-corrected chi connectivity index (χ4v) is 3.94. The molecule has 0 saturated heterocycles. The van der Waals surface area contributed by atoms with E-state index < -0.39 is 11.7 Å². The highest BCUT2D eigenvalue weighted by Crippen LogP contribution is 2.23. The van der Waals surface area contributed by atoms with Gasteiger partial charge in [0.05, 0.1) is 23.8 Å². The van der Waals surface area contributed by atoms with E-state index in [0.29, 0.717) is 19.6 Å². The first-order valence-corrected chi connectivity index (χ1v) is 11.9. The lowest BCUT2D eigenvalue weighted by Crippen LogP contribution is -2.37. The van der Waals surface area contributed by atoms with E-state index in [9.17, 15) is 9.59 Å². The molecule has 1 atom stereocenters. The molecule has 0 fully saturated rings. The van der Waals surface area contributed by atoms with Gasteiger partial charge in [-0.2, -0.15) is 9.61 Å². The molecule has 3 aromatic rings. The van der Waals surface area contributed by atoms with Gasteiger partial charge in [-0.3, -0.25) is 4.57 Å². The highest BCUT2D eigenvalue weighted by molar-refractivity contribution is 5.67. The number of carbonyl (C=O) groups is 1. The molecule has 0 saturated carbocycles. The molecule has 2 heterocycles. The fourth-order valence-electron chi connectivity index (χ4n) is 3.94. The molecule has 8 nitrogen and oxygen atoms in total. The predicted octanol–water partition coefficient (Wildman–Crippen LogP) is 4.05. The lowest BCUT2D eigenvalue weighted by molar-refractivity contribution is 0.0527. The number of fused-ring (bicyclic) bond motifs is 1. The van der Waals surface area contributed by atoms with Gasteiger partial charge < -0.3 is 15.4 Å². The Balaban J connectivity index is 1.80. The van der Waals surface area contributed by atoms with Gasteiger partial charge in [0, 0.05) is 12.2 Å². The van der Waals surface area contributed by atoms with Gasteiger partial charge in [-0.15, -0.1) is 0 Å². The molecule has 0 radical (unpaired) electrons. The second kappa shape index (κ2) is 10.9.